The molecule has 0 bridgehead atoms. The van der Waals surface area contributed by atoms with Crippen LogP contribution in [0.3, 0.4) is 0 Å². The Balaban J connectivity index is 1.36. The number of carbonyl (C=O) groups excluding carboxylic acids is 2. The molecule has 2 N–H and O–H groups in total. The zero-order valence-electron chi connectivity index (χ0n) is 19.8. The topological polar surface area (TPSA) is 115 Å². The maximum atomic E-state index is 12.9. The first-order valence-electron chi connectivity index (χ1n) is 10.9. The number of ether oxygens (including phenoxy) is 2. The van der Waals surface area contributed by atoms with Crippen LogP contribution < -0.4 is 20.1 Å². The number of amides is 2. The van der Waals surface area contributed by atoms with Crippen molar-refractivity contribution in [3.63, 3.8) is 0 Å². The number of hydrogen-bond acceptors (Lipinski definition) is 9. The number of fused-ring (bicyclic) bond motifs is 2. The number of nitrogens with zero attached hydrogens (tertiary/aromatic N) is 3. The van der Waals surface area contributed by atoms with Crippen LogP contribution in [0.2, 0.25) is 0 Å². The highest BCUT2D eigenvalue weighted by Crippen LogP contribution is 2.36. The van der Waals surface area contributed by atoms with Gasteiger partial charge in [0.1, 0.15) is 33.9 Å². The number of thiazole rings is 2. The monoisotopic (exact) mass is 519 g/mol. The number of methoxy groups -OCH3 is 2. The standard InChI is InChI=1S/C25H21N5O4S2/c1-12-8-10-16(33-3)18-20(12)35-24(27-18)29-22(31)14-6-5-7-15(26-14)23(32)30-25-28-19-17(34-4)11-9-13(2)21(19)36-25/h5-11H,1-4H3,(H,27,29,31)(H,28,30,32). The highest BCUT2D eigenvalue weighted by atomic mass is 32.1. The summed E-state index contributed by atoms with van der Waals surface area (Å²) < 4.78 is 12.6. The fourth-order valence-corrected chi connectivity index (χ4v) is 5.56. The first-order valence-corrected chi connectivity index (χ1v) is 12.5. The molecule has 0 atom stereocenters. The molecule has 0 aliphatic rings. The van der Waals surface area contributed by atoms with Crippen molar-refractivity contribution in [2.45, 2.75) is 13.8 Å². The van der Waals surface area contributed by atoms with Gasteiger partial charge in [-0.25, -0.2) is 15.0 Å². The minimum Gasteiger partial charge on any atom is -0.494 e. The molecule has 0 unspecified atom stereocenters. The van der Waals surface area contributed by atoms with E-state index in [1.165, 1.54) is 34.8 Å². The summed E-state index contributed by atoms with van der Waals surface area (Å²) in [4.78, 5) is 39.1. The average molecular weight is 520 g/mol. The van der Waals surface area contributed by atoms with Gasteiger partial charge in [0.05, 0.1) is 23.6 Å². The first kappa shape index (κ1) is 23.6. The van der Waals surface area contributed by atoms with Crippen molar-refractivity contribution >= 4 is 65.2 Å². The maximum Gasteiger partial charge on any atom is 0.276 e. The SMILES string of the molecule is COc1ccc(C)c2sc(NC(=O)c3cccc(C(=O)Nc4nc5c(OC)ccc(C)c5s4)n3)nc12. The molecule has 3 aromatic heterocycles. The molecular formula is C25H21N5O4S2. The Bertz CT molecular complexity index is 1530. The molecule has 9 nitrogen and oxygen atoms in total. The van der Waals surface area contributed by atoms with Gasteiger partial charge < -0.3 is 9.47 Å². The Morgan fingerprint density at radius 2 is 1.14 bits per heavy atom. The minimum absolute atomic E-state index is 0.0902. The van der Waals surface area contributed by atoms with Crippen molar-refractivity contribution in [2.75, 3.05) is 24.9 Å². The summed E-state index contributed by atoms with van der Waals surface area (Å²) in [6.07, 6.45) is 0. The normalized spacial score (nSPS) is 11.0. The number of anilines is 2. The predicted octanol–water partition coefficient (Wildman–Crippen LogP) is 5.44. The fraction of sp³-hybridized carbons (Fsp3) is 0.160. The largest absolute Gasteiger partial charge is 0.494 e. The summed E-state index contributed by atoms with van der Waals surface area (Å²) in [7, 11) is 3.16. The van der Waals surface area contributed by atoms with Crippen LogP contribution in [0, 0.1) is 13.8 Å². The number of nitrogens with one attached hydrogen (secondary N) is 2. The molecule has 0 fully saturated rings. The van der Waals surface area contributed by atoms with Crippen LogP contribution in [-0.4, -0.2) is 41.0 Å². The Kier molecular flexibility index (Phi) is 6.25. The van der Waals surface area contributed by atoms with E-state index < -0.39 is 11.8 Å². The van der Waals surface area contributed by atoms with E-state index in [1.807, 2.05) is 38.1 Å². The molecule has 36 heavy (non-hydrogen) atoms. The summed E-state index contributed by atoms with van der Waals surface area (Å²) in [5.74, 6) is 0.319. The van der Waals surface area contributed by atoms with E-state index in [1.54, 1.807) is 20.3 Å². The van der Waals surface area contributed by atoms with Crippen LogP contribution in [0.5, 0.6) is 11.5 Å². The van der Waals surface area contributed by atoms with Crippen LogP contribution in [-0.2, 0) is 0 Å². The van der Waals surface area contributed by atoms with Gasteiger partial charge in [-0.1, -0.05) is 40.9 Å². The Labute approximate surface area is 214 Å². The lowest BCUT2D eigenvalue weighted by Gasteiger charge is -2.04. The molecule has 0 aliphatic carbocycles. The Morgan fingerprint density at radius 3 is 1.56 bits per heavy atom. The van der Waals surface area contributed by atoms with E-state index in [2.05, 4.69) is 25.6 Å². The number of aryl methyl sites for hydroxylation is 2. The molecule has 3 heterocycles. The zero-order valence-corrected chi connectivity index (χ0v) is 21.5. The summed E-state index contributed by atoms with van der Waals surface area (Å²) in [5, 5.41) is 6.38. The van der Waals surface area contributed by atoms with Crippen LogP contribution in [0.15, 0.2) is 42.5 Å². The molecule has 5 aromatic rings. The molecule has 2 aromatic carbocycles. The van der Waals surface area contributed by atoms with Crippen LogP contribution >= 0.6 is 22.7 Å². The second-order valence-electron chi connectivity index (χ2n) is 7.88. The van der Waals surface area contributed by atoms with Gasteiger partial charge in [0.25, 0.3) is 11.8 Å². The van der Waals surface area contributed by atoms with Crippen LogP contribution in [0.4, 0.5) is 10.3 Å². The number of aromatic nitrogens is 3. The van der Waals surface area contributed by atoms with Crippen molar-refractivity contribution in [3.8, 4) is 11.5 Å². The number of hydrogen-bond donors (Lipinski definition) is 2. The van der Waals surface area contributed by atoms with Gasteiger partial charge in [0.2, 0.25) is 0 Å². The third-order valence-corrected chi connectivity index (χ3v) is 7.71. The fourth-order valence-electron chi connectivity index (χ4n) is 3.67. The minimum atomic E-state index is -0.472. The third-order valence-electron chi connectivity index (χ3n) is 5.50. The van der Waals surface area contributed by atoms with Gasteiger partial charge >= 0.3 is 0 Å². The predicted molar refractivity (Wildman–Crippen MR) is 142 cm³/mol. The van der Waals surface area contributed by atoms with Crippen molar-refractivity contribution in [1.82, 2.24) is 15.0 Å². The van der Waals surface area contributed by atoms with Gasteiger partial charge in [-0.05, 0) is 49.2 Å². The second-order valence-corrected chi connectivity index (χ2v) is 9.88. The van der Waals surface area contributed by atoms with Crippen LogP contribution in [0.1, 0.15) is 32.1 Å². The van der Waals surface area contributed by atoms with Gasteiger partial charge in [0, 0.05) is 0 Å². The number of rotatable bonds is 6. The Hall–Kier alpha value is -4.09. The zero-order chi connectivity index (χ0) is 25.4. The molecule has 5 rings (SSSR count). The highest BCUT2D eigenvalue weighted by molar-refractivity contribution is 7.23. The average Bonchev–Trinajstić information content (AvgIpc) is 3.50. The summed E-state index contributed by atoms with van der Waals surface area (Å²) >= 11 is 2.70. The van der Waals surface area contributed by atoms with Gasteiger partial charge in [-0.2, -0.15) is 0 Å². The lowest BCUT2D eigenvalue weighted by molar-refractivity contribution is 0.101. The second kappa shape index (κ2) is 9.51. The maximum absolute atomic E-state index is 12.9. The van der Waals surface area contributed by atoms with E-state index >= 15 is 0 Å². The quantitative estimate of drug-likeness (QED) is 0.307. The summed E-state index contributed by atoms with van der Waals surface area (Å²) in [6, 6.07) is 12.3. The number of benzene rings is 2. The van der Waals surface area contributed by atoms with Crippen molar-refractivity contribution in [2.24, 2.45) is 0 Å². The van der Waals surface area contributed by atoms with Crippen molar-refractivity contribution < 1.29 is 19.1 Å². The molecule has 0 spiro atoms. The van der Waals surface area contributed by atoms with E-state index in [4.69, 9.17) is 9.47 Å². The lowest BCUT2D eigenvalue weighted by Crippen LogP contribution is -2.18. The number of carbonyl (C=O) groups is 2. The molecule has 0 saturated carbocycles. The molecule has 11 heteroatoms. The lowest BCUT2D eigenvalue weighted by atomic mass is 10.2. The molecular weight excluding hydrogens is 498 g/mol. The van der Waals surface area contributed by atoms with Crippen molar-refractivity contribution in [3.05, 3.63) is 65.0 Å². The Morgan fingerprint density at radius 1 is 0.694 bits per heavy atom. The third kappa shape index (κ3) is 4.34. The van der Waals surface area contributed by atoms with Gasteiger partial charge in [-0.15, -0.1) is 0 Å². The molecule has 182 valence electrons. The molecule has 0 aliphatic heterocycles. The molecule has 0 saturated heterocycles. The van der Waals surface area contributed by atoms with E-state index in [9.17, 15) is 9.59 Å². The highest BCUT2D eigenvalue weighted by Gasteiger charge is 2.18. The van der Waals surface area contributed by atoms with Gasteiger partial charge in [0.15, 0.2) is 10.3 Å². The molecule has 0 radical (unpaired) electrons. The van der Waals surface area contributed by atoms with E-state index in [0.717, 1.165) is 20.5 Å². The van der Waals surface area contributed by atoms with Crippen molar-refractivity contribution in [1.29, 1.82) is 0 Å². The summed E-state index contributed by atoms with van der Waals surface area (Å²) in [5.41, 5.74) is 3.61. The first-order chi connectivity index (χ1) is 17.4. The van der Waals surface area contributed by atoms with E-state index in [0.29, 0.717) is 32.8 Å². The summed E-state index contributed by atoms with van der Waals surface area (Å²) in [6.45, 7) is 3.94. The smallest absolute Gasteiger partial charge is 0.276 e. The van der Waals surface area contributed by atoms with E-state index in [-0.39, 0.29) is 11.4 Å². The van der Waals surface area contributed by atoms with Crippen LogP contribution in [0.25, 0.3) is 20.4 Å². The van der Waals surface area contributed by atoms with Gasteiger partial charge in [-0.3, -0.25) is 20.2 Å². The molecule has 2 amide bonds. The number of pyridine rings is 1.